The van der Waals surface area contributed by atoms with Crippen molar-refractivity contribution in [2.24, 2.45) is 0 Å². The zero-order valence-electron chi connectivity index (χ0n) is 12.5. The van der Waals surface area contributed by atoms with Gasteiger partial charge in [-0.25, -0.2) is 14.8 Å². The molecule has 1 aliphatic heterocycles. The third-order valence-corrected chi connectivity index (χ3v) is 3.81. The Labute approximate surface area is 119 Å². The molecule has 1 fully saturated rings. The molecule has 1 aromatic heterocycles. The Balaban J connectivity index is 2.33. The van der Waals surface area contributed by atoms with Gasteiger partial charge in [-0.15, -0.1) is 0 Å². The smallest absolute Gasteiger partial charge is 0.356 e. The lowest BCUT2D eigenvalue weighted by Crippen LogP contribution is -2.50. The van der Waals surface area contributed by atoms with Crippen LogP contribution >= 0.6 is 0 Å². The Morgan fingerprint density at radius 2 is 2.15 bits per heavy atom. The molecule has 110 valence electrons. The third kappa shape index (κ3) is 2.90. The minimum atomic E-state index is -0.990. The molecule has 6 nitrogen and oxygen atoms in total. The molecular weight excluding hydrogens is 256 g/mol. The average molecular weight is 278 g/mol. The highest BCUT2D eigenvalue weighted by atomic mass is 16.4. The SMILES string of the molecule is CC(C)c1ncc(N2CCN(C)C(C)C2)c(C(=O)O)n1. The second-order valence-electron chi connectivity index (χ2n) is 5.70. The zero-order valence-corrected chi connectivity index (χ0v) is 12.5. The highest BCUT2D eigenvalue weighted by Gasteiger charge is 2.26. The first-order chi connectivity index (χ1) is 9.40. The Bertz CT molecular complexity index is 504. The van der Waals surface area contributed by atoms with Crippen LogP contribution in [0.25, 0.3) is 0 Å². The Morgan fingerprint density at radius 1 is 1.45 bits per heavy atom. The fourth-order valence-corrected chi connectivity index (χ4v) is 2.32. The number of nitrogens with zero attached hydrogens (tertiary/aromatic N) is 4. The largest absolute Gasteiger partial charge is 0.476 e. The van der Waals surface area contributed by atoms with Crippen molar-refractivity contribution < 1.29 is 9.90 Å². The molecule has 1 N–H and O–H groups in total. The average Bonchev–Trinajstić information content (AvgIpc) is 2.41. The van der Waals surface area contributed by atoms with Gasteiger partial charge in [0.1, 0.15) is 5.82 Å². The van der Waals surface area contributed by atoms with Crippen LogP contribution in [-0.2, 0) is 0 Å². The van der Waals surface area contributed by atoms with Crippen molar-refractivity contribution in [3.05, 3.63) is 17.7 Å². The van der Waals surface area contributed by atoms with E-state index in [2.05, 4.69) is 33.7 Å². The Kier molecular flexibility index (Phi) is 4.23. The van der Waals surface area contributed by atoms with Gasteiger partial charge in [0.25, 0.3) is 0 Å². The minimum absolute atomic E-state index is 0.112. The quantitative estimate of drug-likeness (QED) is 0.902. The lowest BCUT2D eigenvalue weighted by atomic mass is 10.1. The van der Waals surface area contributed by atoms with E-state index in [4.69, 9.17) is 0 Å². The summed E-state index contributed by atoms with van der Waals surface area (Å²) in [7, 11) is 2.08. The van der Waals surface area contributed by atoms with Gasteiger partial charge in [-0.1, -0.05) is 13.8 Å². The van der Waals surface area contributed by atoms with Crippen molar-refractivity contribution in [2.45, 2.75) is 32.7 Å². The molecule has 0 radical (unpaired) electrons. The minimum Gasteiger partial charge on any atom is -0.476 e. The number of aromatic carboxylic acids is 1. The molecule has 1 aromatic rings. The predicted molar refractivity (Wildman–Crippen MR) is 77.4 cm³/mol. The summed E-state index contributed by atoms with van der Waals surface area (Å²) in [6.07, 6.45) is 1.66. The van der Waals surface area contributed by atoms with E-state index in [9.17, 15) is 9.90 Å². The molecule has 1 saturated heterocycles. The van der Waals surface area contributed by atoms with Crippen molar-refractivity contribution in [1.82, 2.24) is 14.9 Å². The van der Waals surface area contributed by atoms with Crippen LogP contribution in [0.3, 0.4) is 0 Å². The van der Waals surface area contributed by atoms with E-state index >= 15 is 0 Å². The van der Waals surface area contributed by atoms with Crippen molar-refractivity contribution in [2.75, 3.05) is 31.6 Å². The summed E-state index contributed by atoms with van der Waals surface area (Å²) in [5.74, 6) is -0.294. The van der Waals surface area contributed by atoms with Crippen molar-refractivity contribution in [1.29, 1.82) is 0 Å². The molecule has 1 aliphatic rings. The van der Waals surface area contributed by atoms with Crippen LogP contribution in [0.2, 0.25) is 0 Å². The Morgan fingerprint density at radius 3 is 2.70 bits per heavy atom. The molecule has 0 saturated carbocycles. The number of carbonyl (C=O) groups is 1. The maximum absolute atomic E-state index is 11.5. The van der Waals surface area contributed by atoms with Crippen molar-refractivity contribution >= 4 is 11.7 Å². The number of likely N-dealkylation sites (N-methyl/N-ethyl adjacent to an activating group) is 1. The van der Waals surface area contributed by atoms with Gasteiger partial charge in [0.05, 0.1) is 11.9 Å². The van der Waals surface area contributed by atoms with Crippen molar-refractivity contribution in [3.8, 4) is 0 Å². The summed E-state index contributed by atoms with van der Waals surface area (Å²) in [4.78, 5) is 24.3. The number of carboxylic acid groups (broad SMARTS) is 1. The molecule has 0 bridgehead atoms. The number of hydrogen-bond donors (Lipinski definition) is 1. The van der Waals surface area contributed by atoms with Crippen LogP contribution in [0.5, 0.6) is 0 Å². The van der Waals surface area contributed by atoms with Gasteiger partial charge in [-0.05, 0) is 14.0 Å². The van der Waals surface area contributed by atoms with E-state index in [1.165, 1.54) is 0 Å². The molecule has 2 heterocycles. The molecule has 0 aromatic carbocycles. The number of rotatable bonds is 3. The van der Waals surface area contributed by atoms with Crippen LogP contribution < -0.4 is 4.90 Å². The summed E-state index contributed by atoms with van der Waals surface area (Å²) in [6, 6.07) is 0.384. The molecular formula is C14H22N4O2. The maximum Gasteiger partial charge on any atom is 0.356 e. The molecule has 20 heavy (non-hydrogen) atoms. The van der Waals surface area contributed by atoms with Crippen LogP contribution in [0.4, 0.5) is 5.69 Å². The van der Waals surface area contributed by atoms with E-state index in [0.29, 0.717) is 17.6 Å². The maximum atomic E-state index is 11.5. The van der Waals surface area contributed by atoms with Crippen LogP contribution in [-0.4, -0.2) is 58.7 Å². The van der Waals surface area contributed by atoms with Gasteiger partial charge in [-0.3, -0.25) is 0 Å². The highest BCUT2D eigenvalue weighted by molar-refractivity contribution is 5.92. The fourth-order valence-electron chi connectivity index (χ4n) is 2.32. The molecule has 1 unspecified atom stereocenters. The molecule has 0 amide bonds. The first kappa shape index (κ1) is 14.7. The molecule has 0 spiro atoms. The lowest BCUT2D eigenvalue weighted by Gasteiger charge is -2.39. The van der Waals surface area contributed by atoms with Gasteiger partial charge in [0, 0.05) is 31.6 Å². The van der Waals surface area contributed by atoms with Gasteiger partial charge < -0.3 is 14.9 Å². The first-order valence-corrected chi connectivity index (χ1v) is 6.95. The third-order valence-electron chi connectivity index (χ3n) is 3.81. The van der Waals surface area contributed by atoms with E-state index in [1.807, 2.05) is 13.8 Å². The molecule has 6 heteroatoms. The standard InChI is InChI=1S/C14H22N4O2/c1-9(2)13-15-7-11(12(16-13)14(19)20)18-6-5-17(4)10(3)8-18/h7,9-10H,5-6,8H2,1-4H3,(H,19,20). The Hall–Kier alpha value is -1.69. The van der Waals surface area contributed by atoms with E-state index in [-0.39, 0.29) is 11.6 Å². The predicted octanol–water partition coefficient (Wildman–Crippen LogP) is 1.44. The van der Waals surface area contributed by atoms with E-state index in [0.717, 1.165) is 19.6 Å². The van der Waals surface area contributed by atoms with E-state index in [1.54, 1.807) is 6.20 Å². The van der Waals surface area contributed by atoms with Gasteiger partial charge >= 0.3 is 5.97 Å². The normalized spacial score (nSPS) is 20.4. The van der Waals surface area contributed by atoms with E-state index < -0.39 is 5.97 Å². The monoisotopic (exact) mass is 278 g/mol. The summed E-state index contributed by atoms with van der Waals surface area (Å²) >= 11 is 0. The number of anilines is 1. The van der Waals surface area contributed by atoms with Crippen molar-refractivity contribution in [3.63, 3.8) is 0 Å². The summed E-state index contributed by atoms with van der Waals surface area (Å²) in [6.45, 7) is 8.55. The number of aromatic nitrogens is 2. The van der Waals surface area contributed by atoms with Crippen LogP contribution in [0.15, 0.2) is 6.20 Å². The number of piperazine rings is 1. The van der Waals surface area contributed by atoms with Gasteiger partial charge in [0.15, 0.2) is 5.69 Å². The van der Waals surface area contributed by atoms with Crippen LogP contribution in [0, 0.1) is 0 Å². The highest BCUT2D eigenvalue weighted by Crippen LogP contribution is 2.23. The first-order valence-electron chi connectivity index (χ1n) is 6.95. The zero-order chi connectivity index (χ0) is 14.9. The summed E-state index contributed by atoms with van der Waals surface area (Å²) < 4.78 is 0. The topological polar surface area (TPSA) is 69.6 Å². The summed E-state index contributed by atoms with van der Waals surface area (Å²) in [5, 5.41) is 9.39. The van der Waals surface area contributed by atoms with Gasteiger partial charge in [0.2, 0.25) is 0 Å². The second kappa shape index (κ2) is 5.75. The van der Waals surface area contributed by atoms with Gasteiger partial charge in [-0.2, -0.15) is 0 Å². The summed E-state index contributed by atoms with van der Waals surface area (Å²) in [5.41, 5.74) is 0.738. The second-order valence-corrected chi connectivity index (χ2v) is 5.70. The fraction of sp³-hybridized carbons (Fsp3) is 0.643. The molecule has 2 rings (SSSR count). The number of hydrogen-bond acceptors (Lipinski definition) is 5. The number of carboxylic acids is 1. The molecule has 0 aliphatic carbocycles. The lowest BCUT2D eigenvalue weighted by molar-refractivity contribution is 0.0690. The van der Waals surface area contributed by atoms with Crippen LogP contribution in [0.1, 0.15) is 43.0 Å². The molecule has 1 atom stereocenters.